The third kappa shape index (κ3) is 2.88. The molecule has 5 nitrogen and oxygen atoms in total. The summed E-state index contributed by atoms with van der Waals surface area (Å²) in [4.78, 5) is 10.1. The summed E-state index contributed by atoms with van der Waals surface area (Å²) in [6, 6.07) is 1.26. The maximum Gasteiger partial charge on any atom is 0.255 e. The molecular weight excluding hydrogens is 367 g/mol. The fraction of sp³-hybridized carbons (Fsp3) is 0.353. The lowest BCUT2D eigenvalue weighted by atomic mass is 10.1. The van der Waals surface area contributed by atoms with Crippen LogP contribution in [0, 0.1) is 17.5 Å². The van der Waals surface area contributed by atoms with E-state index in [0.29, 0.717) is 31.0 Å². The Labute approximate surface area is 152 Å². The van der Waals surface area contributed by atoms with E-state index in [2.05, 4.69) is 15.1 Å². The minimum Gasteiger partial charge on any atom is -0.356 e. The molecule has 4 rings (SSSR count). The summed E-state index contributed by atoms with van der Waals surface area (Å²) in [7, 11) is 0. The number of fused-ring (bicyclic) bond motifs is 1. The maximum absolute atomic E-state index is 14.5. The lowest BCUT2D eigenvalue weighted by Crippen LogP contribution is -2.27. The fourth-order valence-corrected chi connectivity index (χ4v) is 3.63. The molecule has 1 fully saturated rings. The molecule has 3 aromatic rings. The van der Waals surface area contributed by atoms with Crippen LogP contribution in [0.1, 0.15) is 25.7 Å². The van der Waals surface area contributed by atoms with Crippen molar-refractivity contribution in [2.45, 2.75) is 25.7 Å². The first kappa shape index (κ1) is 17.1. The Balaban J connectivity index is 2.03. The summed E-state index contributed by atoms with van der Waals surface area (Å²) in [6.07, 6.45) is 5.32. The normalized spacial score (nSPS) is 15.5. The number of rotatable bonds is 2. The van der Waals surface area contributed by atoms with Gasteiger partial charge in [-0.15, -0.1) is 0 Å². The van der Waals surface area contributed by atoms with Crippen molar-refractivity contribution in [3.63, 3.8) is 0 Å². The van der Waals surface area contributed by atoms with Crippen LogP contribution in [0.25, 0.3) is 16.9 Å². The quantitative estimate of drug-likeness (QED) is 0.623. The van der Waals surface area contributed by atoms with Gasteiger partial charge in [0.1, 0.15) is 34.7 Å². The topological polar surface area (TPSA) is 46.3 Å². The Hall–Kier alpha value is -2.35. The highest BCUT2D eigenvalue weighted by atomic mass is 35.5. The molecule has 1 aliphatic heterocycles. The average Bonchev–Trinajstić information content (AvgIpc) is 2.87. The van der Waals surface area contributed by atoms with Crippen LogP contribution >= 0.6 is 11.6 Å². The van der Waals surface area contributed by atoms with E-state index in [9.17, 15) is 13.2 Å². The standard InChI is InChI=1S/C17H15ClF3N5/c18-15-14(13-11(20)7-10(19)8-12(13)21)16(25-5-3-1-2-4-6-25)26-17(24-15)22-9-23-26/h7-9H,1-6H2. The predicted octanol–water partition coefficient (Wildman–Crippen LogP) is 4.24. The molecular formula is C17H15ClF3N5. The summed E-state index contributed by atoms with van der Waals surface area (Å²) in [5, 5.41) is 4.05. The molecule has 1 aromatic carbocycles. The molecule has 0 N–H and O–H groups in total. The first-order valence-electron chi connectivity index (χ1n) is 8.35. The van der Waals surface area contributed by atoms with Gasteiger partial charge in [-0.2, -0.15) is 19.6 Å². The van der Waals surface area contributed by atoms with Gasteiger partial charge in [0, 0.05) is 25.2 Å². The molecule has 1 aliphatic rings. The fourth-order valence-electron chi connectivity index (χ4n) is 3.37. The number of anilines is 1. The van der Waals surface area contributed by atoms with Crippen LogP contribution < -0.4 is 4.90 Å². The molecule has 0 spiro atoms. The van der Waals surface area contributed by atoms with Gasteiger partial charge in [-0.05, 0) is 12.8 Å². The monoisotopic (exact) mass is 381 g/mol. The Kier molecular flexibility index (Phi) is 4.44. The zero-order valence-corrected chi connectivity index (χ0v) is 14.5. The molecule has 136 valence electrons. The van der Waals surface area contributed by atoms with Crippen molar-refractivity contribution in [3.05, 3.63) is 41.1 Å². The minimum absolute atomic E-state index is 0.0570. The molecule has 1 saturated heterocycles. The number of halogens is 4. The number of benzene rings is 1. The second kappa shape index (κ2) is 6.75. The predicted molar refractivity (Wildman–Crippen MR) is 91.8 cm³/mol. The van der Waals surface area contributed by atoms with Crippen LogP contribution in [0.4, 0.5) is 19.0 Å². The Morgan fingerprint density at radius 3 is 2.23 bits per heavy atom. The van der Waals surface area contributed by atoms with Gasteiger partial charge >= 0.3 is 0 Å². The van der Waals surface area contributed by atoms with Crippen molar-refractivity contribution in [2.75, 3.05) is 18.0 Å². The smallest absolute Gasteiger partial charge is 0.255 e. The van der Waals surface area contributed by atoms with Crippen LogP contribution in [0.3, 0.4) is 0 Å². The first-order chi connectivity index (χ1) is 12.6. The molecule has 2 aromatic heterocycles. The van der Waals surface area contributed by atoms with Crippen molar-refractivity contribution in [1.82, 2.24) is 19.6 Å². The van der Waals surface area contributed by atoms with Gasteiger partial charge in [-0.3, -0.25) is 0 Å². The van der Waals surface area contributed by atoms with E-state index >= 15 is 0 Å². The molecule has 0 amide bonds. The van der Waals surface area contributed by atoms with Crippen LogP contribution in [0.2, 0.25) is 5.15 Å². The Morgan fingerprint density at radius 2 is 1.58 bits per heavy atom. The third-order valence-corrected chi connectivity index (χ3v) is 4.79. The minimum atomic E-state index is -1.04. The van der Waals surface area contributed by atoms with E-state index in [1.807, 2.05) is 4.90 Å². The molecule has 0 aliphatic carbocycles. The van der Waals surface area contributed by atoms with E-state index in [0.717, 1.165) is 25.7 Å². The van der Waals surface area contributed by atoms with Gasteiger partial charge in [-0.25, -0.2) is 13.2 Å². The van der Waals surface area contributed by atoms with E-state index in [-0.39, 0.29) is 16.5 Å². The molecule has 0 bridgehead atoms. The summed E-state index contributed by atoms with van der Waals surface area (Å²) >= 11 is 6.30. The Morgan fingerprint density at radius 1 is 0.923 bits per heavy atom. The molecule has 9 heteroatoms. The third-order valence-electron chi connectivity index (χ3n) is 4.52. The lowest BCUT2D eigenvalue weighted by Gasteiger charge is -2.26. The molecule has 0 atom stereocenters. The molecule has 26 heavy (non-hydrogen) atoms. The van der Waals surface area contributed by atoms with Gasteiger partial charge in [0.05, 0.1) is 11.1 Å². The van der Waals surface area contributed by atoms with Gasteiger partial charge in [0.25, 0.3) is 5.78 Å². The zero-order valence-electron chi connectivity index (χ0n) is 13.7. The van der Waals surface area contributed by atoms with Crippen molar-refractivity contribution in [1.29, 1.82) is 0 Å². The second-order valence-electron chi connectivity index (χ2n) is 6.22. The number of nitrogens with zero attached hydrogens (tertiary/aromatic N) is 5. The van der Waals surface area contributed by atoms with E-state index in [4.69, 9.17) is 11.6 Å². The van der Waals surface area contributed by atoms with Crippen molar-refractivity contribution in [3.8, 4) is 11.1 Å². The first-order valence-corrected chi connectivity index (χ1v) is 8.73. The second-order valence-corrected chi connectivity index (χ2v) is 6.58. The van der Waals surface area contributed by atoms with Crippen LogP contribution in [0.5, 0.6) is 0 Å². The van der Waals surface area contributed by atoms with E-state index in [1.54, 1.807) is 0 Å². The van der Waals surface area contributed by atoms with Gasteiger partial charge in [0.15, 0.2) is 0 Å². The Bertz CT molecular complexity index is 943. The van der Waals surface area contributed by atoms with Gasteiger partial charge in [-0.1, -0.05) is 24.4 Å². The van der Waals surface area contributed by atoms with Crippen molar-refractivity contribution < 1.29 is 13.2 Å². The molecule has 0 saturated carbocycles. The van der Waals surface area contributed by atoms with Gasteiger partial charge < -0.3 is 4.90 Å². The molecule has 0 radical (unpaired) electrons. The number of hydrogen-bond acceptors (Lipinski definition) is 4. The lowest BCUT2D eigenvalue weighted by molar-refractivity contribution is 0.547. The zero-order chi connectivity index (χ0) is 18.3. The largest absolute Gasteiger partial charge is 0.356 e. The summed E-state index contributed by atoms with van der Waals surface area (Å²) in [5.74, 6) is -2.42. The van der Waals surface area contributed by atoms with Crippen LogP contribution in [-0.4, -0.2) is 32.7 Å². The highest BCUT2D eigenvalue weighted by Crippen LogP contribution is 2.39. The van der Waals surface area contributed by atoms with Crippen molar-refractivity contribution >= 4 is 23.2 Å². The molecule has 0 unspecified atom stereocenters. The number of hydrogen-bond donors (Lipinski definition) is 0. The average molecular weight is 382 g/mol. The highest BCUT2D eigenvalue weighted by Gasteiger charge is 2.27. The highest BCUT2D eigenvalue weighted by molar-refractivity contribution is 6.33. The SMILES string of the molecule is Fc1cc(F)c(-c2c(Cl)nc3ncnn3c2N2CCCCCC2)c(F)c1. The van der Waals surface area contributed by atoms with Crippen molar-refractivity contribution in [2.24, 2.45) is 0 Å². The summed E-state index contributed by atoms with van der Waals surface area (Å²) in [6.45, 7) is 1.37. The van der Waals surface area contributed by atoms with Crippen LogP contribution in [-0.2, 0) is 0 Å². The van der Waals surface area contributed by atoms with E-state index < -0.39 is 23.0 Å². The number of aromatic nitrogens is 4. The maximum atomic E-state index is 14.5. The van der Waals surface area contributed by atoms with Crippen LogP contribution in [0.15, 0.2) is 18.5 Å². The summed E-state index contributed by atoms with van der Waals surface area (Å²) < 4.78 is 43.8. The molecule has 3 heterocycles. The van der Waals surface area contributed by atoms with E-state index in [1.165, 1.54) is 10.8 Å². The van der Waals surface area contributed by atoms with Gasteiger partial charge in [0.2, 0.25) is 0 Å². The summed E-state index contributed by atoms with van der Waals surface area (Å²) in [5.41, 5.74) is -0.359.